The Morgan fingerprint density at radius 1 is 0.806 bits per heavy atom. The van der Waals surface area contributed by atoms with E-state index in [0.717, 1.165) is 64.5 Å². The molecule has 7 bridgehead atoms. The van der Waals surface area contributed by atoms with Gasteiger partial charge in [-0.1, -0.05) is 77.4 Å². The summed E-state index contributed by atoms with van der Waals surface area (Å²) < 4.78 is 45.0. The average molecular weight is 866 g/mol. The summed E-state index contributed by atoms with van der Waals surface area (Å²) in [5.41, 5.74) is -3.09. The number of fused-ring (bicyclic) bond motifs is 2. The molecule has 13 atom stereocenters. The number of piperidine rings is 1. The molecule has 348 valence electrons. The van der Waals surface area contributed by atoms with Gasteiger partial charge in [-0.05, 0) is 88.1 Å². The molecule has 1 aromatic rings. The topological polar surface area (TPSA) is 122 Å². The van der Waals surface area contributed by atoms with Gasteiger partial charge in [0.25, 0.3) is 0 Å². The molecule has 1 N–H and O–H groups in total. The molecule has 1 saturated heterocycles. The molecule has 0 radical (unpaired) electrons. The lowest BCUT2D eigenvalue weighted by Gasteiger charge is -2.69. The number of aliphatic hydroxyl groups is 1. The molecule has 5 aliphatic carbocycles. The van der Waals surface area contributed by atoms with Gasteiger partial charge in [-0.25, -0.2) is 4.79 Å². The van der Waals surface area contributed by atoms with E-state index in [-0.39, 0.29) is 53.8 Å². The minimum atomic E-state index is -1.53. The molecule has 6 unspecified atom stereocenters. The summed E-state index contributed by atoms with van der Waals surface area (Å²) in [5.74, 6) is -1.23. The Morgan fingerprint density at radius 3 is 2.08 bits per heavy atom. The van der Waals surface area contributed by atoms with E-state index < -0.39 is 40.7 Å². The highest BCUT2D eigenvalue weighted by molar-refractivity contribution is 5.89. The van der Waals surface area contributed by atoms with Gasteiger partial charge in [0.2, 0.25) is 0 Å². The summed E-state index contributed by atoms with van der Waals surface area (Å²) in [6.07, 6.45) is 20.4. The Hall–Kier alpha value is -2.54. The van der Waals surface area contributed by atoms with Crippen molar-refractivity contribution in [2.45, 2.75) is 171 Å². The van der Waals surface area contributed by atoms with Crippen LogP contribution in [0.5, 0.6) is 5.75 Å². The number of carbonyl (C=O) groups is 2. The summed E-state index contributed by atoms with van der Waals surface area (Å²) in [4.78, 5) is 31.4. The number of benzene rings is 1. The zero-order valence-electron chi connectivity index (χ0n) is 39.1. The number of carbonyl (C=O) groups excluding carboxylic acids is 2. The van der Waals surface area contributed by atoms with Gasteiger partial charge in [-0.15, -0.1) is 0 Å². The lowest BCUT2D eigenvalue weighted by Crippen LogP contribution is -2.77. The molecule has 0 amide bonds. The van der Waals surface area contributed by atoms with Crippen molar-refractivity contribution < 1.29 is 47.9 Å². The number of likely N-dealkylation sites (tertiary alicyclic amines) is 1. The van der Waals surface area contributed by atoms with Crippen LogP contribution in [0.4, 0.5) is 0 Å². The highest BCUT2D eigenvalue weighted by Crippen LogP contribution is 2.80. The first-order valence-electron chi connectivity index (χ1n) is 24.4. The quantitative estimate of drug-likeness (QED) is 0.0577. The van der Waals surface area contributed by atoms with Crippen molar-refractivity contribution in [1.29, 1.82) is 0 Å². The van der Waals surface area contributed by atoms with Crippen molar-refractivity contribution in [2.75, 3.05) is 55.2 Å². The molecule has 62 heavy (non-hydrogen) atoms. The molecule has 1 aromatic carbocycles. The molecule has 6 aliphatic rings. The molecule has 5 saturated carbocycles. The van der Waals surface area contributed by atoms with Crippen LogP contribution < -0.4 is 4.74 Å². The average Bonchev–Trinajstić information content (AvgIpc) is 3.66. The first-order valence-corrected chi connectivity index (χ1v) is 24.4. The zero-order chi connectivity index (χ0) is 44.1. The summed E-state index contributed by atoms with van der Waals surface area (Å²) in [7, 11) is 8.60. The van der Waals surface area contributed by atoms with Crippen molar-refractivity contribution in [3.05, 3.63) is 42.0 Å². The first-order chi connectivity index (χ1) is 30.1. The molecular weight excluding hydrogens is 787 g/mol. The number of allylic oxidation sites excluding steroid dienone is 2. The molecule has 6 fully saturated rings. The second-order valence-corrected chi connectivity index (χ2v) is 19.8. The van der Waals surface area contributed by atoms with E-state index in [9.17, 15) is 14.7 Å². The minimum Gasteiger partial charge on any atom is -0.497 e. The first kappa shape index (κ1) is 47.4. The van der Waals surface area contributed by atoms with Crippen molar-refractivity contribution in [3.63, 3.8) is 0 Å². The van der Waals surface area contributed by atoms with Gasteiger partial charge in [-0.3, -0.25) is 9.69 Å². The molecule has 0 aromatic heterocycles. The van der Waals surface area contributed by atoms with Crippen LogP contribution in [0.1, 0.15) is 140 Å². The molecule has 11 heteroatoms. The molecule has 7 rings (SSSR count). The van der Waals surface area contributed by atoms with Crippen molar-refractivity contribution >= 4 is 11.9 Å². The van der Waals surface area contributed by atoms with Crippen LogP contribution >= 0.6 is 0 Å². The van der Waals surface area contributed by atoms with Gasteiger partial charge in [0.15, 0.2) is 0 Å². The second-order valence-electron chi connectivity index (χ2n) is 19.8. The van der Waals surface area contributed by atoms with Crippen LogP contribution in [0.25, 0.3) is 0 Å². The summed E-state index contributed by atoms with van der Waals surface area (Å²) in [6.45, 7) is 6.67. The Kier molecular flexibility index (Phi) is 15.5. The van der Waals surface area contributed by atoms with Gasteiger partial charge >= 0.3 is 11.9 Å². The highest BCUT2D eigenvalue weighted by Gasteiger charge is 2.90. The lowest BCUT2D eigenvalue weighted by molar-refractivity contribution is -0.287. The van der Waals surface area contributed by atoms with E-state index in [1.165, 1.54) is 44.9 Å². The van der Waals surface area contributed by atoms with Gasteiger partial charge in [0.05, 0.1) is 37.6 Å². The number of ether oxygens (including phenoxy) is 7. The van der Waals surface area contributed by atoms with Crippen LogP contribution in [-0.4, -0.2) is 119 Å². The standard InChI is InChI=1S/C51H79NO10/c1-8-10-11-12-13-14-15-16-17-18-19-20-21-22-23-24-40(53)62-50-32-39(59-6)49(55)31-37(41(50)46(49)61-47(54)35-25-27-36(57-4)28-26-35)51-38(58-5)29-30-48(34-56-3)33-52(9-2)45(51)42(50)43(60-7)44(48)51/h16-17,25-28,37-39,41-46,55H,8-15,18-24,29-34H2,1-7H3/b17-16-/t37?,38-,39-,41?,42-,43?,44?,45?,46?,48-,49-,50+,51-/m0/s1. The van der Waals surface area contributed by atoms with Gasteiger partial charge in [0.1, 0.15) is 23.1 Å². The summed E-state index contributed by atoms with van der Waals surface area (Å²) in [6, 6.07) is 6.76. The van der Waals surface area contributed by atoms with E-state index in [4.69, 9.17) is 33.2 Å². The molecular formula is C51H79NO10. The molecule has 1 spiro atoms. The molecule has 1 aliphatic heterocycles. The minimum absolute atomic E-state index is 0.00527. The third-order valence-corrected chi connectivity index (χ3v) is 16.9. The van der Waals surface area contributed by atoms with E-state index >= 15 is 0 Å². The number of rotatable bonds is 25. The zero-order valence-corrected chi connectivity index (χ0v) is 39.1. The van der Waals surface area contributed by atoms with E-state index in [1.54, 1.807) is 52.7 Å². The van der Waals surface area contributed by atoms with Crippen molar-refractivity contribution in [1.82, 2.24) is 4.90 Å². The number of hydrogen-bond donors (Lipinski definition) is 1. The SMILES string of the molecule is CCCCCCCC/C=C\CCCCCCCC(=O)O[C@]12C[C@H](OC)[C@@]3(O)CC(C1C3OC(=O)c1ccc(OC)cc1)[C@@]13C4[C@@H]2C(OC)C1[C@@](COC)(CC[C@@H]3OC)CN4CC. The number of hydrogen-bond acceptors (Lipinski definition) is 11. The smallest absolute Gasteiger partial charge is 0.338 e. The van der Waals surface area contributed by atoms with E-state index in [1.807, 2.05) is 7.11 Å². The Bertz CT molecular complexity index is 1670. The number of esters is 2. The van der Waals surface area contributed by atoms with Gasteiger partial charge in [-0.2, -0.15) is 0 Å². The van der Waals surface area contributed by atoms with E-state index in [0.29, 0.717) is 30.8 Å². The number of methoxy groups -OCH3 is 5. The number of unbranched alkanes of at least 4 members (excludes halogenated alkanes) is 11. The Labute approximate surface area is 372 Å². The maximum Gasteiger partial charge on any atom is 0.338 e. The van der Waals surface area contributed by atoms with Gasteiger partial charge in [0, 0.05) is 82.5 Å². The number of nitrogens with zero attached hydrogens (tertiary/aromatic N) is 1. The summed E-state index contributed by atoms with van der Waals surface area (Å²) >= 11 is 0. The third kappa shape index (κ3) is 8.09. The maximum atomic E-state index is 14.6. The van der Waals surface area contributed by atoms with Crippen molar-refractivity contribution in [2.24, 2.45) is 34.5 Å². The predicted molar refractivity (Wildman–Crippen MR) is 238 cm³/mol. The molecule has 11 nitrogen and oxygen atoms in total. The van der Waals surface area contributed by atoms with E-state index in [2.05, 4.69) is 30.9 Å². The fraction of sp³-hybridized carbons (Fsp3) is 0.804. The largest absolute Gasteiger partial charge is 0.497 e. The fourth-order valence-electron chi connectivity index (χ4n) is 14.8. The van der Waals surface area contributed by atoms with Crippen LogP contribution in [0, 0.1) is 34.5 Å². The second kappa shape index (κ2) is 20.3. The van der Waals surface area contributed by atoms with Crippen LogP contribution in [-0.2, 0) is 33.2 Å². The van der Waals surface area contributed by atoms with Crippen LogP contribution in [0.15, 0.2) is 36.4 Å². The molecule has 1 heterocycles. The monoisotopic (exact) mass is 866 g/mol. The van der Waals surface area contributed by atoms with Gasteiger partial charge < -0.3 is 38.3 Å². The normalized spacial score (nSPS) is 37.8. The van der Waals surface area contributed by atoms with Crippen LogP contribution in [0.2, 0.25) is 0 Å². The Morgan fingerprint density at radius 2 is 1.47 bits per heavy atom. The Balaban J connectivity index is 1.16. The highest BCUT2D eigenvalue weighted by atomic mass is 16.6. The third-order valence-electron chi connectivity index (χ3n) is 16.9. The fourth-order valence-corrected chi connectivity index (χ4v) is 14.8. The maximum absolute atomic E-state index is 14.6. The lowest BCUT2D eigenvalue weighted by atomic mass is 9.43. The van der Waals surface area contributed by atoms with Crippen molar-refractivity contribution in [3.8, 4) is 5.75 Å². The summed E-state index contributed by atoms with van der Waals surface area (Å²) in [5, 5.41) is 13.1. The van der Waals surface area contributed by atoms with Crippen LogP contribution in [0.3, 0.4) is 0 Å². The predicted octanol–water partition coefficient (Wildman–Crippen LogP) is 8.73.